The molecule has 3 rings (SSSR count). The van der Waals surface area contributed by atoms with Gasteiger partial charge in [0, 0.05) is 45.0 Å². The average Bonchev–Trinajstić information content (AvgIpc) is 2.74. The predicted molar refractivity (Wildman–Crippen MR) is 116 cm³/mol. The molecular formula is C21H24Cl2N4O. The fourth-order valence-electron chi connectivity index (χ4n) is 3.06. The second-order valence-electron chi connectivity index (χ2n) is 6.64. The molecule has 0 unspecified atom stereocenters. The highest BCUT2D eigenvalue weighted by molar-refractivity contribution is 6.42. The number of benzene rings is 1. The number of nitrogens with zero attached hydrogens (tertiary/aromatic N) is 3. The number of hydrogen-bond acceptors (Lipinski definition) is 4. The first-order chi connectivity index (χ1) is 13.6. The number of likely N-dealkylation sites (N-methyl/N-ethyl adjacent to an activating group) is 1. The van der Waals surface area contributed by atoms with Gasteiger partial charge < -0.3 is 15.1 Å². The Morgan fingerprint density at radius 2 is 1.96 bits per heavy atom. The number of carbonyl (C=O) groups is 1. The number of nitrogens with one attached hydrogen (secondary N) is 1. The standard InChI is InChI=1S/C21H24Cl2N4O/c1-2-26-10-12-27(13-11-26)19-8-6-16(14-24-19)15-25-20(28)9-7-17-4-3-5-18(22)21(17)23/h3-9,14H,2,10-13,15H2,1H3,(H,25,28)/b9-7+. The van der Waals surface area contributed by atoms with Crippen molar-refractivity contribution in [3.05, 3.63) is 63.8 Å². The van der Waals surface area contributed by atoms with E-state index in [1.807, 2.05) is 18.3 Å². The summed E-state index contributed by atoms with van der Waals surface area (Å²) < 4.78 is 0. The highest BCUT2D eigenvalue weighted by atomic mass is 35.5. The molecule has 2 heterocycles. The van der Waals surface area contributed by atoms with E-state index in [0.717, 1.165) is 44.1 Å². The summed E-state index contributed by atoms with van der Waals surface area (Å²) in [5, 5.41) is 3.76. The van der Waals surface area contributed by atoms with Crippen molar-refractivity contribution < 1.29 is 4.79 Å². The van der Waals surface area contributed by atoms with Crippen molar-refractivity contribution in [1.29, 1.82) is 0 Å². The summed E-state index contributed by atoms with van der Waals surface area (Å²) in [4.78, 5) is 21.3. The number of halogens is 2. The van der Waals surface area contributed by atoms with Crippen molar-refractivity contribution in [1.82, 2.24) is 15.2 Å². The summed E-state index contributed by atoms with van der Waals surface area (Å²) in [5.74, 6) is 0.789. The molecule has 1 aliphatic rings. The lowest BCUT2D eigenvalue weighted by Crippen LogP contribution is -2.46. The van der Waals surface area contributed by atoms with Crippen LogP contribution in [0.25, 0.3) is 6.08 Å². The van der Waals surface area contributed by atoms with E-state index in [1.165, 1.54) is 6.08 Å². The molecule has 0 bridgehead atoms. The van der Waals surface area contributed by atoms with Gasteiger partial charge in [-0.15, -0.1) is 0 Å². The SMILES string of the molecule is CCN1CCN(c2ccc(CNC(=O)/C=C/c3cccc(Cl)c3Cl)cn2)CC1. The highest BCUT2D eigenvalue weighted by Crippen LogP contribution is 2.26. The van der Waals surface area contributed by atoms with Gasteiger partial charge >= 0.3 is 0 Å². The number of carbonyl (C=O) groups excluding carboxylic acids is 1. The van der Waals surface area contributed by atoms with Gasteiger partial charge in [0.2, 0.25) is 5.91 Å². The molecular weight excluding hydrogens is 395 g/mol. The van der Waals surface area contributed by atoms with Crippen LogP contribution >= 0.6 is 23.2 Å². The first kappa shape index (κ1) is 20.6. The Labute approximate surface area is 175 Å². The van der Waals surface area contributed by atoms with Gasteiger partial charge in [-0.3, -0.25) is 4.79 Å². The number of piperazine rings is 1. The van der Waals surface area contributed by atoms with Crippen LogP contribution < -0.4 is 10.2 Å². The Morgan fingerprint density at radius 3 is 2.64 bits per heavy atom. The molecule has 1 fully saturated rings. The molecule has 2 aromatic rings. The maximum atomic E-state index is 12.1. The lowest BCUT2D eigenvalue weighted by molar-refractivity contribution is -0.116. The van der Waals surface area contributed by atoms with E-state index in [1.54, 1.807) is 24.3 Å². The maximum absolute atomic E-state index is 12.1. The van der Waals surface area contributed by atoms with Gasteiger partial charge in [-0.25, -0.2) is 4.98 Å². The molecule has 1 aromatic carbocycles. The molecule has 1 saturated heterocycles. The van der Waals surface area contributed by atoms with Gasteiger partial charge in [0.25, 0.3) is 0 Å². The van der Waals surface area contributed by atoms with Gasteiger partial charge in [0.1, 0.15) is 5.82 Å². The van der Waals surface area contributed by atoms with Gasteiger partial charge in [-0.1, -0.05) is 48.3 Å². The van der Waals surface area contributed by atoms with Gasteiger partial charge in [-0.2, -0.15) is 0 Å². The fourth-order valence-corrected chi connectivity index (χ4v) is 3.44. The molecule has 7 heteroatoms. The zero-order chi connectivity index (χ0) is 19.9. The van der Waals surface area contributed by atoms with Crippen LogP contribution in [0.15, 0.2) is 42.6 Å². The monoisotopic (exact) mass is 418 g/mol. The molecule has 0 atom stereocenters. The third kappa shape index (κ3) is 5.47. The van der Waals surface area contributed by atoms with E-state index in [0.29, 0.717) is 22.2 Å². The van der Waals surface area contributed by atoms with Crippen LogP contribution in [0.3, 0.4) is 0 Å². The zero-order valence-electron chi connectivity index (χ0n) is 15.9. The summed E-state index contributed by atoms with van der Waals surface area (Å²) in [6.07, 6.45) is 4.92. The molecule has 0 saturated carbocycles. The second kappa shape index (κ2) is 9.92. The van der Waals surface area contributed by atoms with Crippen LogP contribution in [0.2, 0.25) is 10.0 Å². The number of hydrogen-bond donors (Lipinski definition) is 1. The normalized spacial score (nSPS) is 15.2. The molecule has 1 N–H and O–H groups in total. The topological polar surface area (TPSA) is 48.5 Å². The number of amides is 1. The minimum atomic E-state index is -0.198. The van der Waals surface area contributed by atoms with Crippen molar-refractivity contribution >= 4 is 41.0 Å². The summed E-state index contributed by atoms with van der Waals surface area (Å²) in [5.41, 5.74) is 1.66. The Bertz CT molecular complexity index is 831. The first-order valence-corrected chi connectivity index (χ1v) is 10.1. The summed E-state index contributed by atoms with van der Waals surface area (Å²) in [6.45, 7) is 7.83. The van der Waals surface area contributed by atoms with Gasteiger partial charge in [0.15, 0.2) is 0 Å². The molecule has 0 spiro atoms. The van der Waals surface area contributed by atoms with E-state index in [4.69, 9.17) is 23.2 Å². The molecule has 28 heavy (non-hydrogen) atoms. The Hall–Kier alpha value is -2.08. The van der Waals surface area contributed by atoms with Gasteiger partial charge in [0.05, 0.1) is 10.0 Å². The minimum Gasteiger partial charge on any atom is -0.354 e. The average molecular weight is 419 g/mol. The second-order valence-corrected chi connectivity index (χ2v) is 7.43. The molecule has 1 amide bonds. The third-order valence-corrected chi connectivity index (χ3v) is 5.65. The Morgan fingerprint density at radius 1 is 1.18 bits per heavy atom. The van der Waals surface area contributed by atoms with E-state index in [-0.39, 0.29) is 5.91 Å². The summed E-state index contributed by atoms with van der Waals surface area (Å²) >= 11 is 12.1. The number of aromatic nitrogens is 1. The lowest BCUT2D eigenvalue weighted by Gasteiger charge is -2.34. The van der Waals surface area contributed by atoms with Crippen LogP contribution in [-0.4, -0.2) is 48.5 Å². The van der Waals surface area contributed by atoms with Crippen molar-refractivity contribution in [3.8, 4) is 0 Å². The van der Waals surface area contributed by atoms with E-state index in [2.05, 4.69) is 27.0 Å². The number of rotatable bonds is 6. The predicted octanol–water partition coefficient (Wildman–Crippen LogP) is 3.86. The molecule has 1 aromatic heterocycles. The maximum Gasteiger partial charge on any atom is 0.244 e. The molecule has 0 radical (unpaired) electrons. The highest BCUT2D eigenvalue weighted by Gasteiger charge is 2.16. The third-order valence-electron chi connectivity index (χ3n) is 4.82. The van der Waals surface area contributed by atoms with Crippen LogP contribution in [0.1, 0.15) is 18.1 Å². The quantitative estimate of drug-likeness (QED) is 0.723. The number of anilines is 1. The van der Waals surface area contributed by atoms with Crippen LogP contribution in [-0.2, 0) is 11.3 Å². The molecule has 1 aliphatic heterocycles. The van der Waals surface area contributed by atoms with Crippen LogP contribution in [0, 0.1) is 0 Å². The van der Waals surface area contributed by atoms with Crippen molar-refractivity contribution in [2.75, 3.05) is 37.6 Å². The molecule has 0 aliphatic carbocycles. The van der Waals surface area contributed by atoms with Gasteiger partial charge in [-0.05, 0) is 35.9 Å². The lowest BCUT2D eigenvalue weighted by atomic mass is 10.2. The smallest absolute Gasteiger partial charge is 0.244 e. The number of pyridine rings is 1. The van der Waals surface area contributed by atoms with Crippen LogP contribution in [0.4, 0.5) is 5.82 Å². The van der Waals surface area contributed by atoms with E-state index < -0.39 is 0 Å². The van der Waals surface area contributed by atoms with E-state index in [9.17, 15) is 4.79 Å². The van der Waals surface area contributed by atoms with Crippen molar-refractivity contribution in [2.24, 2.45) is 0 Å². The summed E-state index contributed by atoms with van der Waals surface area (Å²) in [6, 6.07) is 9.33. The molecule has 5 nitrogen and oxygen atoms in total. The van der Waals surface area contributed by atoms with E-state index >= 15 is 0 Å². The largest absolute Gasteiger partial charge is 0.354 e. The zero-order valence-corrected chi connectivity index (χ0v) is 17.4. The van der Waals surface area contributed by atoms with Crippen molar-refractivity contribution in [3.63, 3.8) is 0 Å². The minimum absolute atomic E-state index is 0.198. The Kier molecular flexibility index (Phi) is 7.31. The van der Waals surface area contributed by atoms with Crippen LogP contribution in [0.5, 0.6) is 0 Å². The molecule has 148 valence electrons. The Balaban J connectivity index is 1.50. The van der Waals surface area contributed by atoms with Crippen molar-refractivity contribution in [2.45, 2.75) is 13.5 Å². The first-order valence-electron chi connectivity index (χ1n) is 9.39. The summed E-state index contributed by atoms with van der Waals surface area (Å²) in [7, 11) is 0. The fraction of sp³-hybridized carbons (Fsp3) is 0.333.